The van der Waals surface area contributed by atoms with Gasteiger partial charge in [0.25, 0.3) is 0 Å². The number of amides is 2. The molecule has 2 heterocycles. The lowest BCUT2D eigenvalue weighted by Crippen LogP contribution is -2.43. The van der Waals surface area contributed by atoms with Crippen molar-refractivity contribution < 1.29 is 4.79 Å². The smallest absolute Gasteiger partial charge is 0.322 e. The predicted molar refractivity (Wildman–Crippen MR) is 94.1 cm³/mol. The van der Waals surface area contributed by atoms with Crippen molar-refractivity contribution in [2.24, 2.45) is 7.05 Å². The third-order valence-corrected chi connectivity index (χ3v) is 5.60. The van der Waals surface area contributed by atoms with Crippen molar-refractivity contribution in [1.82, 2.24) is 15.1 Å². The zero-order valence-corrected chi connectivity index (χ0v) is 14.3. The summed E-state index contributed by atoms with van der Waals surface area (Å²) in [7, 11) is 1.89. The molecule has 0 saturated heterocycles. The molecule has 2 aliphatic rings. The number of nitrogens with zero attached hydrogens (tertiary/aromatic N) is 3. The Morgan fingerprint density at radius 2 is 2.04 bits per heavy atom. The van der Waals surface area contributed by atoms with Crippen LogP contribution in [-0.2, 0) is 12.5 Å². The number of urea groups is 1. The van der Waals surface area contributed by atoms with Crippen LogP contribution in [0.5, 0.6) is 0 Å². The van der Waals surface area contributed by atoms with Gasteiger partial charge in [-0.15, -0.1) is 0 Å². The molecular weight excluding hydrogens is 300 g/mol. The number of aromatic nitrogens is 2. The second kappa shape index (κ2) is 5.65. The van der Waals surface area contributed by atoms with E-state index in [1.165, 1.54) is 31.2 Å². The number of anilines is 1. The maximum Gasteiger partial charge on any atom is 0.322 e. The quantitative estimate of drug-likeness (QED) is 0.919. The van der Waals surface area contributed by atoms with Gasteiger partial charge in [0, 0.05) is 36.5 Å². The molecule has 24 heavy (non-hydrogen) atoms. The summed E-state index contributed by atoms with van der Waals surface area (Å²) >= 11 is 0. The van der Waals surface area contributed by atoms with E-state index < -0.39 is 0 Å². The highest BCUT2D eigenvalue weighted by Gasteiger charge is 2.46. The van der Waals surface area contributed by atoms with E-state index in [4.69, 9.17) is 0 Å². The summed E-state index contributed by atoms with van der Waals surface area (Å²) in [5, 5.41) is 7.32. The fraction of sp³-hybridized carbons (Fsp3) is 0.474. The van der Waals surface area contributed by atoms with Crippen molar-refractivity contribution in [2.75, 3.05) is 11.4 Å². The summed E-state index contributed by atoms with van der Waals surface area (Å²) in [6.07, 6.45) is 8.65. The summed E-state index contributed by atoms with van der Waals surface area (Å²) in [6, 6.07) is 8.34. The van der Waals surface area contributed by atoms with Gasteiger partial charge in [-0.3, -0.25) is 9.58 Å². The Kier molecular flexibility index (Phi) is 3.59. The summed E-state index contributed by atoms with van der Waals surface area (Å²) in [6.45, 7) is 2.81. The summed E-state index contributed by atoms with van der Waals surface area (Å²) < 4.78 is 1.76. The first kappa shape index (κ1) is 15.2. The maximum absolute atomic E-state index is 12.9. The molecule has 1 atom stereocenters. The SMILES string of the molecule is C[C@@H](NC(=O)N1CC2(CCCC2)c2ccccc21)c1cnn(C)c1. The van der Waals surface area contributed by atoms with Gasteiger partial charge in [-0.05, 0) is 31.4 Å². The van der Waals surface area contributed by atoms with Crippen LogP contribution < -0.4 is 10.2 Å². The molecule has 126 valence electrons. The number of rotatable bonds is 2. The van der Waals surface area contributed by atoms with Gasteiger partial charge in [0.2, 0.25) is 0 Å². The number of para-hydroxylation sites is 1. The third-order valence-electron chi connectivity index (χ3n) is 5.60. The van der Waals surface area contributed by atoms with Gasteiger partial charge in [0.05, 0.1) is 12.2 Å². The average Bonchev–Trinajstić information content (AvgIpc) is 3.29. The first-order chi connectivity index (χ1) is 11.6. The van der Waals surface area contributed by atoms with E-state index in [0.717, 1.165) is 17.8 Å². The van der Waals surface area contributed by atoms with Crippen LogP contribution in [0.3, 0.4) is 0 Å². The van der Waals surface area contributed by atoms with Crippen molar-refractivity contribution in [3.63, 3.8) is 0 Å². The highest BCUT2D eigenvalue weighted by molar-refractivity contribution is 5.95. The number of hydrogen-bond donors (Lipinski definition) is 1. The molecule has 0 bridgehead atoms. The van der Waals surface area contributed by atoms with Crippen molar-refractivity contribution in [2.45, 2.75) is 44.1 Å². The minimum Gasteiger partial charge on any atom is -0.331 e. The molecule has 1 saturated carbocycles. The standard InChI is InChI=1S/C19H24N4O/c1-14(15-11-20-22(2)12-15)21-18(24)23-13-19(9-5-6-10-19)16-7-3-4-8-17(16)23/h3-4,7-8,11-12,14H,5-6,9-10,13H2,1-2H3,(H,21,24)/t14-/m1/s1. The van der Waals surface area contributed by atoms with Crippen LogP contribution in [0.4, 0.5) is 10.5 Å². The summed E-state index contributed by atoms with van der Waals surface area (Å²) in [4.78, 5) is 14.9. The Balaban J connectivity index is 1.57. The Morgan fingerprint density at radius 1 is 1.29 bits per heavy atom. The molecule has 5 nitrogen and oxygen atoms in total. The van der Waals surface area contributed by atoms with Crippen LogP contribution in [0.1, 0.15) is 49.8 Å². The second-order valence-corrected chi connectivity index (χ2v) is 7.21. The molecule has 4 rings (SSSR count). The molecule has 2 amide bonds. The van der Waals surface area contributed by atoms with E-state index >= 15 is 0 Å². The Bertz CT molecular complexity index is 760. The van der Waals surface area contributed by atoms with E-state index in [1.54, 1.807) is 10.9 Å². The average molecular weight is 324 g/mol. The lowest BCUT2D eigenvalue weighted by molar-refractivity contribution is 0.242. The normalized spacial score (nSPS) is 19.5. The van der Waals surface area contributed by atoms with E-state index in [0.29, 0.717) is 0 Å². The van der Waals surface area contributed by atoms with Gasteiger partial charge in [-0.1, -0.05) is 31.0 Å². The molecule has 1 aliphatic carbocycles. The van der Waals surface area contributed by atoms with Gasteiger partial charge in [0.15, 0.2) is 0 Å². The largest absolute Gasteiger partial charge is 0.331 e. The molecule has 1 fully saturated rings. The zero-order chi connectivity index (χ0) is 16.7. The minimum absolute atomic E-state index is 0.0115. The summed E-state index contributed by atoms with van der Waals surface area (Å²) in [5.41, 5.74) is 3.63. The second-order valence-electron chi connectivity index (χ2n) is 7.21. The van der Waals surface area contributed by atoms with Gasteiger partial charge in [0.1, 0.15) is 0 Å². The minimum atomic E-state index is -0.0570. The lowest BCUT2D eigenvalue weighted by Gasteiger charge is -2.25. The molecule has 0 unspecified atom stereocenters. The molecule has 1 N–H and O–H groups in total. The first-order valence-electron chi connectivity index (χ1n) is 8.75. The van der Waals surface area contributed by atoms with E-state index in [1.807, 2.05) is 31.1 Å². The fourth-order valence-electron chi connectivity index (χ4n) is 4.30. The summed E-state index contributed by atoms with van der Waals surface area (Å²) in [5.74, 6) is 0. The van der Waals surface area contributed by atoms with Gasteiger partial charge in [-0.25, -0.2) is 4.79 Å². The number of carbonyl (C=O) groups is 1. The first-order valence-corrected chi connectivity index (χ1v) is 8.75. The van der Waals surface area contributed by atoms with E-state index in [-0.39, 0.29) is 17.5 Å². The molecule has 2 aromatic rings. The van der Waals surface area contributed by atoms with Crippen LogP contribution in [0.25, 0.3) is 0 Å². The Hall–Kier alpha value is -2.30. The van der Waals surface area contributed by atoms with Crippen molar-refractivity contribution in [3.8, 4) is 0 Å². The Morgan fingerprint density at radius 3 is 2.75 bits per heavy atom. The molecular formula is C19H24N4O. The number of carbonyl (C=O) groups excluding carboxylic acids is 1. The van der Waals surface area contributed by atoms with E-state index in [9.17, 15) is 4.79 Å². The van der Waals surface area contributed by atoms with Gasteiger partial charge in [-0.2, -0.15) is 5.10 Å². The number of benzene rings is 1. The number of nitrogens with one attached hydrogen (secondary N) is 1. The number of hydrogen-bond acceptors (Lipinski definition) is 2. The monoisotopic (exact) mass is 324 g/mol. The van der Waals surface area contributed by atoms with Crippen LogP contribution >= 0.6 is 0 Å². The number of aryl methyl sites for hydroxylation is 1. The third kappa shape index (κ3) is 2.39. The number of fused-ring (bicyclic) bond motifs is 2. The molecule has 1 aromatic heterocycles. The molecule has 5 heteroatoms. The maximum atomic E-state index is 12.9. The molecule has 1 aromatic carbocycles. The highest BCUT2D eigenvalue weighted by Crippen LogP contribution is 2.50. The van der Waals surface area contributed by atoms with Crippen LogP contribution in [-0.4, -0.2) is 22.4 Å². The van der Waals surface area contributed by atoms with Crippen molar-refractivity contribution in [3.05, 3.63) is 47.8 Å². The molecule has 0 radical (unpaired) electrons. The van der Waals surface area contributed by atoms with E-state index in [2.05, 4.69) is 28.6 Å². The zero-order valence-electron chi connectivity index (χ0n) is 14.3. The fourth-order valence-corrected chi connectivity index (χ4v) is 4.30. The molecule has 1 spiro atoms. The Labute approximate surface area is 142 Å². The van der Waals surface area contributed by atoms with Crippen molar-refractivity contribution >= 4 is 11.7 Å². The van der Waals surface area contributed by atoms with Crippen LogP contribution in [0.2, 0.25) is 0 Å². The topological polar surface area (TPSA) is 50.2 Å². The van der Waals surface area contributed by atoms with Crippen LogP contribution in [0.15, 0.2) is 36.7 Å². The van der Waals surface area contributed by atoms with Gasteiger partial charge >= 0.3 is 6.03 Å². The van der Waals surface area contributed by atoms with Crippen molar-refractivity contribution in [1.29, 1.82) is 0 Å². The molecule has 1 aliphatic heterocycles. The lowest BCUT2D eigenvalue weighted by atomic mass is 9.81. The predicted octanol–water partition coefficient (Wildman–Crippen LogP) is 3.52. The highest BCUT2D eigenvalue weighted by atomic mass is 16.2. The van der Waals surface area contributed by atoms with Crippen LogP contribution in [0, 0.1) is 0 Å². The van der Waals surface area contributed by atoms with Gasteiger partial charge < -0.3 is 5.32 Å².